The number of hydrogen-bond acceptors (Lipinski definition) is 7. The summed E-state index contributed by atoms with van der Waals surface area (Å²) >= 11 is 0. The molecular formula is C23H30FN7O2. The number of alkyl carbamates (subject to hydrolysis) is 1. The summed E-state index contributed by atoms with van der Waals surface area (Å²) in [5.74, 6) is 1.01. The molecule has 1 amide bonds. The molecule has 3 aromatic rings. The highest BCUT2D eigenvalue weighted by Crippen LogP contribution is 2.28. The largest absolute Gasteiger partial charge is 0.444 e. The second kappa shape index (κ2) is 9.21. The van der Waals surface area contributed by atoms with Crippen LogP contribution in [0.25, 0.3) is 17.2 Å². The third-order valence-electron chi connectivity index (χ3n) is 5.64. The number of halogens is 1. The number of nitrogen functional groups attached to an aromatic ring is 1. The quantitative estimate of drug-likeness (QED) is 0.532. The Hall–Kier alpha value is -3.43. The SMILES string of the molecule is CC(C)(C)OC(=O)NC[C@H]1CC[C@H](Nc2nc(-c3cnc4ccc(F)cn34)ncc2N)CC1. The van der Waals surface area contributed by atoms with E-state index >= 15 is 0 Å². The van der Waals surface area contributed by atoms with Crippen LogP contribution in [-0.4, -0.2) is 43.6 Å². The number of aromatic nitrogens is 4. The summed E-state index contributed by atoms with van der Waals surface area (Å²) in [4.78, 5) is 25.1. The van der Waals surface area contributed by atoms with E-state index in [2.05, 4.69) is 25.6 Å². The Bertz CT molecular complexity index is 1130. The zero-order chi connectivity index (χ0) is 23.6. The van der Waals surface area contributed by atoms with E-state index in [4.69, 9.17) is 10.5 Å². The molecule has 10 heteroatoms. The molecule has 1 aliphatic carbocycles. The molecule has 0 aliphatic heterocycles. The number of amides is 1. The van der Waals surface area contributed by atoms with Gasteiger partial charge in [-0.15, -0.1) is 0 Å². The first-order valence-corrected chi connectivity index (χ1v) is 11.2. The fourth-order valence-corrected chi connectivity index (χ4v) is 4.00. The maximum Gasteiger partial charge on any atom is 0.407 e. The second-order valence-corrected chi connectivity index (χ2v) is 9.46. The summed E-state index contributed by atoms with van der Waals surface area (Å²) in [6.07, 6.45) is 7.95. The molecule has 0 bridgehead atoms. The van der Waals surface area contributed by atoms with Gasteiger partial charge in [0.15, 0.2) is 11.6 Å². The van der Waals surface area contributed by atoms with E-state index in [9.17, 15) is 9.18 Å². The van der Waals surface area contributed by atoms with Crippen LogP contribution in [0.15, 0.2) is 30.7 Å². The summed E-state index contributed by atoms with van der Waals surface area (Å²) in [6.45, 7) is 6.15. The number of anilines is 2. The third kappa shape index (κ3) is 5.68. The van der Waals surface area contributed by atoms with Crippen LogP contribution >= 0.6 is 0 Å². The number of fused-ring (bicyclic) bond motifs is 1. The van der Waals surface area contributed by atoms with Crippen molar-refractivity contribution in [3.8, 4) is 11.5 Å². The number of nitrogens with one attached hydrogen (secondary N) is 2. The summed E-state index contributed by atoms with van der Waals surface area (Å²) in [6, 6.07) is 3.18. The van der Waals surface area contributed by atoms with Gasteiger partial charge in [0.25, 0.3) is 0 Å². The van der Waals surface area contributed by atoms with Gasteiger partial charge in [0.2, 0.25) is 0 Å². The standard InChI is InChI=1S/C23H30FN7O2/c1-23(2,3)33-22(32)28-10-14-4-7-16(8-5-14)29-20-17(25)11-27-21(30-20)18-12-26-19-9-6-15(24)13-31(18)19/h6,9,11-14,16H,4-5,7-8,10,25H2,1-3H3,(H,28,32)(H,27,29,30)/t14-,16-. The molecule has 0 aromatic carbocycles. The molecule has 4 rings (SSSR count). The molecule has 176 valence electrons. The van der Waals surface area contributed by atoms with Crippen molar-refractivity contribution in [3.63, 3.8) is 0 Å². The minimum Gasteiger partial charge on any atom is -0.444 e. The van der Waals surface area contributed by atoms with Gasteiger partial charge in [-0.3, -0.25) is 4.40 Å². The maximum atomic E-state index is 13.7. The van der Waals surface area contributed by atoms with Gasteiger partial charge in [-0.1, -0.05) is 0 Å². The van der Waals surface area contributed by atoms with E-state index in [-0.39, 0.29) is 18.0 Å². The van der Waals surface area contributed by atoms with E-state index in [0.717, 1.165) is 25.7 Å². The molecule has 0 spiro atoms. The van der Waals surface area contributed by atoms with Gasteiger partial charge < -0.3 is 21.1 Å². The fourth-order valence-electron chi connectivity index (χ4n) is 4.00. The minimum atomic E-state index is -0.501. The van der Waals surface area contributed by atoms with Gasteiger partial charge in [-0.05, 0) is 64.5 Å². The molecule has 1 fully saturated rings. The predicted molar refractivity (Wildman–Crippen MR) is 124 cm³/mol. The van der Waals surface area contributed by atoms with Crippen molar-refractivity contribution in [3.05, 3.63) is 36.5 Å². The van der Waals surface area contributed by atoms with Gasteiger partial charge in [0.05, 0.1) is 18.1 Å². The van der Waals surface area contributed by atoms with Crippen LogP contribution in [0.5, 0.6) is 0 Å². The van der Waals surface area contributed by atoms with Crippen molar-refractivity contribution in [1.29, 1.82) is 0 Å². The average Bonchev–Trinajstić information content (AvgIpc) is 3.16. The number of hydrogen-bond donors (Lipinski definition) is 3. The zero-order valence-electron chi connectivity index (χ0n) is 19.1. The van der Waals surface area contributed by atoms with E-state index in [1.54, 1.807) is 22.9 Å². The van der Waals surface area contributed by atoms with Crippen molar-refractivity contribution in [2.45, 2.75) is 58.1 Å². The van der Waals surface area contributed by atoms with Crippen LogP contribution in [0, 0.1) is 11.7 Å². The van der Waals surface area contributed by atoms with Crippen LogP contribution in [0.1, 0.15) is 46.5 Å². The van der Waals surface area contributed by atoms with Crippen molar-refractivity contribution >= 4 is 23.2 Å². The van der Waals surface area contributed by atoms with E-state index in [1.807, 2.05) is 20.8 Å². The van der Waals surface area contributed by atoms with Gasteiger partial charge in [0, 0.05) is 18.8 Å². The number of nitrogens with zero attached hydrogens (tertiary/aromatic N) is 4. The summed E-state index contributed by atoms with van der Waals surface area (Å²) in [5.41, 5.74) is 7.27. The highest BCUT2D eigenvalue weighted by atomic mass is 19.1. The molecule has 0 atom stereocenters. The highest BCUT2D eigenvalue weighted by molar-refractivity contribution is 5.67. The minimum absolute atomic E-state index is 0.215. The molecule has 33 heavy (non-hydrogen) atoms. The molecule has 4 N–H and O–H groups in total. The number of imidazole rings is 1. The van der Waals surface area contributed by atoms with E-state index < -0.39 is 5.60 Å². The van der Waals surface area contributed by atoms with E-state index in [1.165, 1.54) is 12.3 Å². The smallest absolute Gasteiger partial charge is 0.407 e. The number of pyridine rings is 1. The number of nitrogens with two attached hydrogens (primary N) is 1. The Labute approximate surface area is 192 Å². The lowest BCUT2D eigenvalue weighted by Gasteiger charge is -2.30. The van der Waals surface area contributed by atoms with Crippen LogP contribution in [0.2, 0.25) is 0 Å². The molecule has 1 aliphatic rings. The first kappa shape index (κ1) is 22.8. The number of rotatable bonds is 5. The molecule has 0 unspecified atom stereocenters. The van der Waals surface area contributed by atoms with Crippen molar-refractivity contribution < 1.29 is 13.9 Å². The lowest BCUT2D eigenvalue weighted by atomic mass is 9.86. The Kier molecular flexibility index (Phi) is 6.35. The monoisotopic (exact) mass is 455 g/mol. The molecule has 1 saturated carbocycles. The topological polar surface area (TPSA) is 119 Å². The van der Waals surface area contributed by atoms with Crippen LogP contribution < -0.4 is 16.4 Å². The first-order chi connectivity index (χ1) is 15.7. The van der Waals surface area contributed by atoms with Crippen LogP contribution in [-0.2, 0) is 4.74 Å². The first-order valence-electron chi connectivity index (χ1n) is 11.2. The van der Waals surface area contributed by atoms with Crippen LogP contribution in [0.4, 0.5) is 20.7 Å². The Balaban J connectivity index is 1.36. The predicted octanol–water partition coefficient (Wildman–Crippen LogP) is 4.01. The molecule has 3 aromatic heterocycles. The molecule has 0 saturated heterocycles. The van der Waals surface area contributed by atoms with Crippen molar-refractivity contribution in [2.75, 3.05) is 17.6 Å². The maximum absolute atomic E-state index is 13.7. The van der Waals surface area contributed by atoms with Crippen LogP contribution in [0.3, 0.4) is 0 Å². The molecule has 9 nitrogen and oxygen atoms in total. The lowest BCUT2D eigenvalue weighted by Crippen LogP contribution is -2.37. The van der Waals surface area contributed by atoms with Gasteiger partial charge in [-0.2, -0.15) is 0 Å². The number of carbonyl (C=O) groups is 1. The van der Waals surface area contributed by atoms with E-state index in [0.29, 0.717) is 41.1 Å². The number of ether oxygens (including phenoxy) is 1. The average molecular weight is 456 g/mol. The molecule has 0 radical (unpaired) electrons. The van der Waals surface area contributed by atoms with Crippen molar-refractivity contribution in [2.24, 2.45) is 5.92 Å². The van der Waals surface area contributed by atoms with Gasteiger partial charge >= 0.3 is 6.09 Å². The Morgan fingerprint density at radius 3 is 2.70 bits per heavy atom. The third-order valence-corrected chi connectivity index (χ3v) is 5.64. The Morgan fingerprint density at radius 1 is 1.21 bits per heavy atom. The number of carbonyl (C=O) groups excluding carboxylic acids is 1. The second-order valence-electron chi connectivity index (χ2n) is 9.46. The molecule has 3 heterocycles. The lowest BCUT2D eigenvalue weighted by molar-refractivity contribution is 0.0515. The molecular weight excluding hydrogens is 425 g/mol. The normalized spacial score (nSPS) is 18.8. The Morgan fingerprint density at radius 2 is 1.97 bits per heavy atom. The van der Waals surface area contributed by atoms with Crippen molar-refractivity contribution in [1.82, 2.24) is 24.7 Å². The summed E-state index contributed by atoms with van der Waals surface area (Å²) in [7, 11) is 0. The fraction of sp³-hybridized carbons (Fsp3) is 0.478. The summed E-state index contributed by atoms with van der Waals surface area (Å²) < 4.78 is 20.6. The zero-order valence-corrected chi connectivity index (χ0v) is 19.1. The van der Waals surface area contributed by atoms with Gasteiger partial charge in [0.1, 0.15) is 22.8 Å². The highest BCUT2D eigenvalue weighted by Gasteiger charge is 2.24. The van der Waals surface area contributed by atoms with Gasteiger partial charge in [-0.25, -0.2) is 24.1 Å². The summed E-state index contributed by atoms with van der Waals surface area (Å²) in [5, 5.41) is 6.30.